The topological polar surface area (TPSA) is 66.4 Å². The van der Waals surface area contributed by atoms with Gasteiger partial charge in [-0.1, -0.05) is 44.2 Å². The van der Waals surface area contributed by atoms with Gasteiger partial charge in [0, 0.05) is 12.0 Å². The van der Waals surface area contributed by atoms with Crippen molar-refractivity contribution in [3.05, 3.63) is 35.9 Å². The van der Waals surface area contributed by atoms with Gasteiger partial charge in [0.1, 0.15) is 0 Å². The molecule has 2 fully saturated rings. The molecule has 2 bridgehead atoms. The highest BCUT2D eigenvalue weighted by molar-refractivity contribution is 7.89. The van der Waals surface area contributed by atoms with Crippen LogP contribution in [0.3, 0.4) is 0 Å². The number of rotatable bonds is 5. The van der Waals surface area contributed by atoms with Gasteiger partial charge in [0.2, 0.25) is 10.0 Å². The average Bonchev–Trinajstić information content (AvgIpc) is 2.78. The lowest BCUT2D eigenvalue weighted by Crippen LogP contribution is -2.53. The third kappa shape index (κ3) is 2.63. The Kier molecular flexibility index (Phi) is 3.90. The minimum atomic E-state index is -3.46. The van der Waals surface area contributed by atoms with Crippen molar-refractivity contribution in [2.45, 2.75) is 52.2 Å². The first-order valence-electron chi connectivity index (χ1n) is 8.33. The van der Waals surface area contributed by atoms with Gasteiger partial charge in [0.15, 0.2) is 0 Å². The molecule has 1 aromatic rings. The van der Waals surface area contributed by atoms with Gasteiger partial charge in [0.25, 0.3) is 0 Å². The molecule has 5 heteroatoms. The molecule has 2 aliphatic carbocycles. The molecular formula is C18H27NO3S. The maximum Gasteiger partial charge on any atom is 0.212 e. The van der Waals surface area contributed by atoms with E-state index in [1.165, 1.54) is 0 Å². The Balaban J connectivity index is 1.79. The number of sulfonamides is 1. The first-order chi connectivity index (χ1) is 10.6. The molecule has 0 aromatic heterocycles. The summed E-state index contributed by atoms with van der Waals surface area (Å²) in [6.07, 6.45) is 2.50. The summed E-state index contributed by atoms with van der Waals surface area (Å²) in [4.78, 5) is 0. The molecule has 23 heavy (non-hydrogen) atoms. The summed E-state index contributed by atoms with van der Waals surface area (Å²) >= 11 is 0. The van der Waals surface area contributed by atoms with E-state index in [-0.39, 0.29) is 11.2 Å². The van der Waals surface area contributed by atoms with Gasteiger partial charge in [-0.15, -0.1) is 0 Å². The highest BCUT2D eigenvalue weighted by Gasteiger charge is 2.69. The largest absolute Gasteiger partial charge is 0.390 e. The van der Waals surface area contributed by atoms with Crippen molar-refractivity contribution in [3.63, 3.8) is 0 Å². The molecule has 1 aromatic carbocycles. The van der Waals surface area contributed by atoms with Crippen molar-refractivity contribution >= 4 is 10.0 Å². The third-order valence-electron chi connectivity index (χ3n) is 6.62. The van der Waals surface area contributed by atoms with Crippen LogP contribution in [0.1, 0.15) is 45.6 Å². The SMILES string of the molecule is CC1(C)[C@@H]2CC[C@@]1(CS(=O)(=O)NCc1ccccc1)[C@](C)(O)C2. The van der Waals surface area contributed by atoms with Crippen LogP contribution in [0, 0.1) is 16.7 Å². The summed E-state index contributed by atoms with van der Waals surface area (Å²) in [6, 6.07) is 9.52. The molecular weight excluding hydrogens is 310 g/mol. The van der Waals surface area contributed by atoms with Gasteiger partial charge < -0.3 is 5.11 Å². The maximum atomic E-state index is 12.7. The van der Waals surface area contributed by atoms with E-state index in [1.54, 1.807) is 0 Å². The second-order valence-corrected chi connectivity index (χ2v) is 9.89. The summed E-state index contributed by atoms with van der Waals surface area (Å²) in [6.45, 7) is 6.36. The first kappa shape index (κ1) is 16.9. The van der Waals surface area contributed by atoms with Crippen LogP contribution in [0.2, 0.25) is 0 Å². The summed E-state index contributed by atoms with van der Waals surface area (Å²) in [5.41, 5.74) is -0.693. The molecule has 2 saturated carbocycles. The van der Waals surface area contributed by atoms with E-state index in [1.807, 2.05) is 37.3 Å². The summed E-state index contributed by atoms with van der Waals surface area (Å²) in [5.74, 6) is 0.408. The third-order valence-corrected chi connectivity index (χ3v) is 8.08. The van der Waals surface area contributed by atoms with Crippen LogP contribution >= 0.6 is 0 Å². The van der Waals surface area contributed by atoms with Crippen molar-refractivity contribution in [1.82, 2.24) is 4.72 Å². The molecule has 128 valence electrons. The minimum absolute atomic E-state index is 0.00331. The lowest BCUT2D eigenvalue weighted by atomic mass is 9.65. The molecule has 0 saturated heterocycles. The van der Waals surface area contributed by atoms with Crippen LogP contribution in [0.4, 0.5) is 0 Å². The quantitative estimate of drug-likeness (QED) is 0.868. The van der Waals surface area contributed by atoms with Crippen molar-refractivity contribution < 1.29 is 13.5 Å². The lowest BCUT2D eigenvalue weighted by molar-refractivity contribution is -0.0722. The maximum absolute atomic E-state index is 12.7. The standard InChI is InChI=1S/C18H27NO3S/c1-16(2)15-9-10-18(16,17(3,20)11-15)13-23(21,22)19-12-14-7-5-4-6-8-14/h4-8,15,19-20H,9-13H2,1-3H3/t15-,17-,18+/m1/s1. The van der Waals surface area contributed by atoms with Gasteiger partial charge in [-0.2, -0.15) is 0 Å². The van der Waals surface area contributed by atoms with E-state index in [2.05, 4.69) is 18.6 Å². The summed E-state index contributed by atoms with van der Waals surface area (Å²) in [7, 11) is -3.46. The highest BCUT2D eigenvalue weighted by atomic mass is 32.2. The molecule has 3 rings (SSSR count). The molecule has 0 heterocycles. The zero-order chi connectivity index (χ0) is 16.9. The van der Waals surface area contributed by atoms with Crippen molar-refractivity contribution in [2.75, 3.05) is 5.75 Å². The molecule has 3 atom stereocenters. The zero-order valence-corrected chi connectivity index (χ0v) is 15.0. The molecule has 0 radical (unpaired) electrons. The smallest absolute Gasteiger partial charge is 0.212 e. The van der Waals surface area contributed by atoms with Crippen molar-refractivity contribution in [3.8, 4) is 0 Å². The predicted octanol–water partition coefficient (Wildman–Crippen LogP) is 2.68. The molecule has 4 nitrogen and oxygen atoms in total. The van der Waals surface area contributed by atoms with Crippen LogP contribution in [-0.2, 0) is 16.6 Å². The highest BCUT2D eigenvalue weighted by Crippen LogP contribution is 2.70. The van der Waals surface area contributed by atoms with Gasteiger partial charge >= 0.3 is 0 Å². The van der Waals surface area contributed by atoms with Gasteiger partial charge in [-0.25, -0.2) is 13.1 Å². The van der Waals surface area contributed by atoms with E-state index < -0.39 is 21.0 Å². The number of hydrogen-bond donors (Lipinski definition) is 2. The second-order valence-electron chi connectivity index (χ2n) is 8.08. The Labute approximate surface area is 139 Å². The first-order valence-corrected chi connectivity index (χ1v) is 9.99. The number of aliphatic hydroxyl groups is 1. The Morgan fingerprint density at radius 1 is 1.22 bits per heavy atom. The van der Waals surface area contributed by atoms with Gasteiger partial charge in [0.05, 0.1) is 11.4 Å². The summed E-state index contributed by atoms with van der Waals surface area (Å²) < 4.78 is 28.1. The Morgan fingerprint density at radius 2 is 1.87 bits per heavy atom. The van der Waals surface area contributed by atoms with E-state index in [0.717, 1.165) is 18.4 Å². The van der Waals surface area contributed by atoms with E-state index in [4.69, 9.17) is 0 Å². The summed E-state index contributed by atoms with van der Waals surface area (Å²) in [5, 5.41) is 10.9. The second kappa shape index (κ2) is 5.30. The van der Waals surface area contributed by atoms with Gasteiger partial charge in [-0.05, 0) is 43.1 Å². The lowest BCUT2D eigenvalue weighted by Gasteiger charge is -2.45. The Morgan fingerprint density at radius 3 is 2.39 bits per heavy atom. The van der Waals surface area contributed by atoms with E-state index in [9.17, 15) is 13.5 Å². The fourth-order valence-electron chi connectivity index (χ4n) is 5.07. The van der Waals surface area contributed by atoms with E-state index in [0.29, 0.717) is 18.9 Å². The van der Waals surface area contributed by atoms with Gasteiger partial charge in [-0.3, -0.25) is 0 Å². The number of fused-ring (bicyclic) bond motifs is 2. The molecule has 0 amide bonds. The fraction of sp³-hybridized carbons (Fsp3) is 0.667. The predicted molar refractivity (Wildman–Crippen MR) is 91.2 cm³/mol. The molecule has 2 aliphatic rings. The van der Waals surface area contributed by atoms with Crippen LogP contribution in [0.25, 0.3) is 0 Å². The molecule has 0 aliphatic heterocycles. The molecule has 0 spiro atoms. The number of benzene rings is 1. The zero-order valence-electron chi connectivity index (χ0n) is 14.2. The van der Waals surface area contributed by atoms with Crippen LogP contribution in [0.15, 0.2) is 30.3 Å². The average molecular weight is 337 g/mol. The Hall–Kier alpha value is -0.910. The van der Waals surface area contributed by atoms with E-state index >= 15 is 0 Å². The minimum Gasteiger partial charge on any atom is -0.390 e. The van der Waals surface area contributed by atoms with Crippen LogP contribution < -0.4 is 4.72 Å². The monoisotopic (exact) mass is 337 g/mol. The Bertz CT molecular complexity index is 681. The fourth-order valence-corrected chi connectivity index (χ4v) is 7.03. The van der Waals surface area contributed by atoms with Crippen molar-refractivity contribution in [1.29, 1.82) is 0 Å². The number of hydrogen-bond acceptors (Lipinski definition) is 3. The van der Waals surface area contributed by atoms with Crippen LogP contribution in [0.5, 0.6) is 0 Å². The number of nitrogens with one attached hydrogen (secondary N) is 1. The van der Waals surface area contributed by atoms with Crippen molar-refractivity contribution in [2.24, 2.45) is 16.7 Å². The van der Waals surface area contributed by atoms with Crippen LogP contribution in [-0.4, -0.2) is 24.9 Å². The molecule has 2 N–H and O–H groups in total. The molecule has 0 unspecified atom stereocenters. The normalized spacial score (nSPS) is 35.6.